The first kappa shape index (κ1) is 11.3. The van der Waals surface area contributed by atoms with Gasteiger partial charge in [0.05, 0.1) is 0 Å². The molecule has 0 atom stereocenters. The van der Waals surface area contributed by atoms with Crippen molar-refractivity contribution in [2.45, 2.75) is 11.8 Å². The van der Waals surface area contributed by atoms with Crippen LogP contribution >= 0.6 is 23.1 Å². The van der Waals surface area contributed by atoms with E-state index in [9.17, 15) is 0 Å². The summed E-state index contributed by atoms with van der Waals surface area (Å²) in [6, 6.07) is 8.22. The molecule has 1 aromatic heterocycles. The Kier molecular flexibility index (Phi) is 3.36. The van der Waals surface area contributed by atoms with Gasteiger partial charge in [-0.3, -0.25) is 0 Å². The summed E-state index contributed by atoms with van der Waals surface area (Å²) in [6.07, 6.45) is 0. The summed E-state index contributed by atoms with van der Waals surface area (Å²) >= 11 is 3.13. The summed E-state index contributed by atoms with van der Waals surface area (Å²) in [5.74, 6) is 1.07. The van der Waals surface area contributed by atoms with Crippen molar-refractivity contribution in [3.63, 3.8) is 0 Å². The quantitative estimate of drug-likeness (QED) is 0.823. The van der Waals surface area contributed by atoms with Crippen molar-refractivity contribution in [1.82, 2.24) is 4.98 Å². The molecule has 0 aliphatic rings. The molecule has 0 aliphatic heterocycles. The maximum absolute atomic E-state index is 5.84. The van der Waals surface area contributed by atoms with Crippen LogP contribution in [0.4, 0.5) is 10.1 Å². The van der Waals surface area contributed by atoms with Gasteiger partial charge in [-0.25, -0.2) is 4.98 Å². The molecule has 0 saturated carbocycles. The first-order valence-electron chi connectivity index (χ1n) is 4.95. The third kappa shape index (κ3) is 2.31. The second-order valence-corrected chi connectivity index (χ2v) is 5.62. The fourth-order valence-corrected chi connectivity index (χ4v) is 2.72. The predicted molar refractivity (Wildman–Crippen MR) is 72.8 cm³/mol. The average molecular weight is 251 g/mol. The molecule has 0 radical (unpaired) electrons. The van der Waals surface area contributed by atoms with Crippen LogP contribution in [-0.4, -0.2) is 10.7 Å². The van der Waals surface area contributed by atoms with Gasteiger partial charge in [0.15, 0.2) is 5.13 Å². The van der Waals surface area contributed by atoms with E-state index in [0.717, 1.165) is 17.0 Å². The Labute approximate surface area is 103 Å². The lowest BCUT2D eigenvalue weighted by Crippen LogP contribution is -1.86. The summed E-state index contributed by atoms with van der Waals surface area (Å²) in [6.45, 7) is 2.14. The standard InChI is InChI=1S/C11H13N3S2/c1-2-15-8-5-3-7(4-6-8)9-10(12)16-11(13)14-9/h3-6H,2,12H2,1H3,(H2,13,14). The predicted octanol–water partition coefficient (Wildman–Crippen LogP) is 3.09. The molecule has 0 aliphatic carbocycles. The van der Waals surface area contributed by atoms with Crippen LogP contribution < -0.4 is 11.5 Å². The number of benzene rings is 1. The first-order chi connectivity index (χ1) is 7.70. The molecule has 1 heterocycles. The van der Waals surface area contributed by atoms with Crippen molar-refractivity contribution in [3.05, 3.63) is 24.3 Å². The Morgan fingerprint density at radius 3 is 2.44 bits per heavy atom. The molecular weight excluding hydrogens is 238 g/mol. The summed E-state index contributed by atoms with van der Waals surface area (Å²) in [5.41, 5.74) is 13.3. The topological polar surface area (TPSA) is 64.9 Å². The van der Waals surface area contributed by atoms with Gasteiger partial charge >= 0.3 is 0 Å². The summed E-state index contributed by atoms with van der Waals surface area (Å²) in [5, 5.41) is 1.19. The minimum absolute atomic E-state index is 0.513. The van der Waals surface area contributed by atoms with Gasteiger partial charge < -0.3 is 11.5 Å². The first-order valence-corrected chi connectivity index (χ1v) is 6.76. The molecule has 16 heavy (non-hydrogen) atoms. The van der Waals surface area contributed by atoms with E-state index in [0.29, 0.717) is 10.1 Å². The highest BCUT2D eigenvalue weighted by molar-refractivity contribution is 7.99. The van der Waals surface area contributed by atoms with Gasteiger partial charge in [-0.2, -0.15) is 0 Å². The van der Waals surface area contributed by atoms with E-state index in [-0.39, 0.29) is 0 Å². The van der Waals surface area contributed by atoms with Crippen molar-refractivity contribution >= 4 is 33.2 Å². The lowest BCUT2D eigenvalue weighted by atomic mass is 10.2. The number of hydrogen-bond acceptors (Lipinski definition) is 5. The molecule has 0 fully saturated rings. The van der Waals surface area contributed by atoms with Gasteiger partial charge in [-0.15, -0.1) is 11.8 Å². The molecule has 5 heteroatoms. The molecule has 4 N–H and O–H groups in total. The fourth-order valence-electron chi connectivity index (χ4n) is 1.43. The van der Waals surface area contributed by atoms with Crippen molar-refractivity contribution in [3.8, 4) is 11.3 Å². The number of rotatable bonds is 3. The number of anilines is 2. The molecule has 2 aromatic rings. The molecule has 0 amide bonds. The normalized spacial score (nSPS) is 10.6. The zero-order chi connectivity index (χ0) is 11.5. The average Bonchev–Trinajstić information content (AvgIpc) is 2.59. The van der Waals surface area contributed by atoms with Crippen LogP contribution in [-0.2, 0) is 0 Å². The number of aromatic nitrogens is 1. The van der Waals surface area contributed by atoms with Crippen LogP contribution in [0.2, 0.25) is 0 Å². The lowest BCUT2D eigenvalue weighted by Gasteiger charge is -2.01. The molecule has 2 rings (SSSR count). The third-order valence-electron chi connectivity index (χ3n) is 2.11. The van der Waals surface area contributed by atoms with Gasteiger partial charge in [0, 0.05) is 10.5 Å². The number of nitrogens with zero attached hydrogens (tertiary/aromatic N) is 1. The van der Waals surface area contributed by atoms with Gasteiger partial charge in [-0.05, 0) is 17.9 Å². The van der Waals surface area contributed by atoms with E-state index in [2.05, 4.69) is 24.0 Å². The van der Waals surface area contributed by atoms with Gasteiger partial charge in [0.25, 0.3) is 0 Å². The molecule has 3 nitrogen and oxygen atoms in total. The largest absolute Gasteiger partial charge is 0.389 e. The molecule has 0 bridgehead atoms. The highest BCUT2D eigenvalue weighted by Gasteiger charge is 2.08. The fraction of sp³-hybridized carbons (Fsp3) is 0.182. The van der Waals surface area contributed by atoms with Gasteiger partial charge in [0.1, 0.15) is 10.7 Å². The van der Waals surface area contributed by atoms with E-state index >= 15 is 0 Å². The van der Waals surface area contributed by atoms with Crippen molar-refractivity contribution in [2.75, 3.05) is 17.2 Å². The van der Waals surface area contributed by atoms with Gasteiger partial charge in [-0.1, -0.05) is 30.4 Å². The van der Waals surface area contributed by atoms with Crippen LogP contribution in [0.5, 0.6) is 0 Å². The molecule has 84 valence electrons. The lowest BCUT2D eigenvalue weighted by molar-refractivity contribution is 1.38. The third-order valence-corrected chi connectivity index (χ3v) is 3.72. The van der Waals surface area contributed by atoms with E-state index in [1.54, 1.807) is 0 Å². The van der Waals surface area contributed by atoms with Crippen molar-refractivity contribution in [2.24, 2.45) is 0 Å². The number of hydrogen-bond donors (Lipinski definition) is 2. The smallest absolute Gasteiger partial charge is 0.182 e. The zero-order valence-electron chi connectivity index (χ0n) is 8.93. The van der Waals surface area contributed by atoms with E-state index in [1.165, 1.54) is 16.2 Å². The minimum atomic E-state index is 0.513. The Bertz CT molecular complexity index is 476. The summed E-state index contributed by atoms with van der Waals surface area (Å²) < 4.78 is 0. The Morgan fingerprint density at radius 2 is 1.94 bits per heavy atom. The Morgan fingerprint density at radius 1 is 1.25 bits per heavy atom. The second kappa shape index (κ2) is 4.76. The number of nitrogens with two attached hydrogens (primary N) is 2. The van der Waals surface area contributed by atoms with Crippen LogP contribution in [0.3, 0.4) is 0 Å². The van der Waals surface area contributed by atoms with Crippen LogP contribution in [0.15, 0.2) is 29.2 Å². The molecule has 1 aromatic carbocycles. The maximum atomic E-state index is 5.84. The van der Waals surface area contributed by atoms with E-state index < -0.39 is 0 Å². The minimum Gasteiger partial charge on any atom is -0.389 e. The van der Waals surface area contributed by atoms with Crippen LogP contribution in [0, 0.1) is 0 Å². The SMILES string of the molecule is CCSc1ccc(-c2nc(N)sc2N)cc1. The number of nitrogen functional groups attached to an aromatic ring is 2. The second-order valence-electron chi connectivity index (χ2n) is 3.22. The Hall–Kier alpha value is -1.20. The van der Waals surface area contributed by atoms with Gasteiger partial charge in [0.2, 0.25) is 0 Å². The van der Waals surface area contributed by atoms with Crippen molar-refractivity contribution in [1.29, 1.82) is 0 Å². The highest BCUT2D eigenvalue weighted by Crippen LogP contribution is 2.32. The van der Waals surface area contributed by atoms with Crippen LogP contribution in [0.1, 0.15) is 6.92 Å². The van der Waals surface area contributed by atoms with E-state index in [4.69, 9.17) is 11.5 Å². The maximum Gasteiger partial charge on any atom is 0.182 e. The molecule has 0 spiro atoms. The van der Waals surface area contributed by atoms with E-state index in [1.807, 2.05) is 23.9 Å². The van der Waals surface area contributed by atoms with Crippen molar-refractivity contribution < 1.29 is 0 Å². The zero-order valence-corrected chi connectivity index (χ0v) is 10.6. The molecular formula is C11H13N3S2. The summed E-state index contributed by atoms with van der Waals surface area (Å²) in [4.78, 5) is 5.48. The Balaban J connectivity index is 2.31. The number of thioether (sulfide) groups is 1. The molecule has 0 unspecified atom stereocenters. The molecule has 0 saturated heterocycles. The highest BCUT2D eigenvalue weighted by atomic mass is 32.2. The summed E-state index contributed by atoms with van der Waals surface area (Å²) in [7, 11) is 0. The van der Waals surface area contributed by atoms with Crippen LogP contribution in [0.25, 0.3) is 11.3 Å². The number of thiazole rings is 1. The monoisotopic (exact) mass is 251 g/mol.